The highest BCUT2D eigenvalue weighted by atomic mass is 35.5. The molecule has 0 aliphatic carbocycles. The van der Waals surface area contributed by atoms with Crippen LogP contribution >= 0.6 is 0 Å². The number of fused-ring (bicyclic) bond motifs is 2. The predicted molar refractivity (Wildman–Crippen MR) is 94.3 cm³/mol. The molecule has 3 aromatic carbocycles. The maximum absolute atomic E-state index is 6.14. The summed E-state index contributed by atoms with van der Waals surface area (Å²) in [7, 11) is 0. The second-order valence-electron chi connectivity index (χ2n) is 5.73. The second kappa shape index (κ2) is 5.98. The zero-order chi connectivity index (χ0) is 16.0. The van der Waals surface area contributed by atoms with Gasteiger partial charge in [0, 0.05) is 35.6 Å². The summed E-state index contributed by atoms with van der Waals surface area (Å²) < 4.78 is 2.16. The van der Waals surface area contributed by atoms with Gasteiger partial charge in [-0.25, -0.2) is 4.98 Å². The average molecular weight is 337 g/mol. The predicted octanol–water partition coefficient (Wildman–Crippen LogP) is 0.142. The second-order valence-corrected chi connectivity index (χ2v) is 5.73. The van der Waals surface area contributed by atoms with E-state index in [0.717, 1.165) is 39.0 Å². The van der Waals surface area contributed by atoms with Gasteiger partial charge in [0.1, 0.15) is 11.0 Å². The van der Waals surface area contributed by atoms with Gasteiger partial charge in [-0.1, -0.05) is 18.2 Å². The molecule has 4 rings (SSSR count). The zero-order valence-electron chi connectivity index (χ0n) is 13.2. The summed E-state index contributed by atoms with van der Waals surface area (Å²) in [5, 5.41) is 0. The van der Waals surface area contributed by atoms with Gasteiger partial charge < -0.3 is 23.9 Å². The van der Waals surface area contributed by atoms with Crippen molar-refractivity contribution in [2.24, 2.45) is 0 Å². The minimum atomic E-state index is 0. The van der Waals surface area contributed by atoms with Crippen molar-refractivity contribution in [3.63, 3.8) is 0 Å². The van der Waals surface area contributed by atoms with E-state index in [0.29, 0.717) is 5.69 Å². The molecular formula is C19H17ClN4. The van der Waals surface area contributed by atoms with E-state index in [1.807, 2.05) is 55.5 Å². The number of nitrogens with zero attached hydrogens (tertiary/aromatic N) is 2. The van der Waals surface area contributed by atoms with Gasteiger partial charge in [0.15, 0.2) is 0 Å². The average Bonchev–Trinajstić information content (AvgIpc) is 2.55. The molecule has 24 heavy (non-hydrogen) atoms. The normalized spacial score (nSPS) is 10.7. The van der Waals surface area contributed by atoms with Crippen molar-refractivity contribution in [1.29, 1.82) is 0 Å². The van der Waals surface area contributed by atoms with Crippen molar-refractivity contribution >= 4 is 33.4 Å². The third-order valence-electron chi connectivity index (χ3n) is 4.10. The molecule has 0 aliphatic heterocycles. The van der Waals surface area contributed by atoms with E-state index in [1.165, 1.54) is 0 Å². The van der Waals surface area contributed by atoms with E-state index in [4.69, 9.17) is 16.5 Å². The molecule has 0 bridgehead atoms. The van der Waals surface area contributed by atoms with Gasteiger partial charge in [0.2, 0.25) is 16.7 Å². The molecular weight excluding hydrogens is 320 g/mol. The third kappa shape index (κ3) is 2.51. The number of nitrogen functional groups attached to an aromatic ring is 2. The molecule has 0 radical (unpaired) electrons. The summed E-state index contributed by atoms with van der Waals surface area (Å²) in [6.07, 6.45) is 0. The fourth-order valence-corrected chi connectivity index (χ4v) is 2.89. The van der Waals surface area contributed by atoms with Gasteiger partial charge in [-0.2, -0.15) is 0 Å². The molecule has 4 nitrogen and oxygen atoms in total. The standard InChI is InChI=1S/C19H16N4.ClH/c1-12-9-17-19(11-15(12)21)23(14-5-3-2-4-6-14)18-10-13(20)7-8-16(18)22-17;/h2-11H,1H3,(H3,20,21);1H. The van der Waals surface area contributed by atoms with Crippen LogP contribution in [-0.2, 0) is 0 Å². The first-order valence-corrected chi connectivity index (χ1v) is 7.50. The number of hydrogen-bond donors (Lipinski definition) is 2. The minimum absolute atomic E-state index is 0. The summed E-state index contributed by atoms with van der Waals surface area (Å²) >= 11 is 0. The highest BCUT2D eigenvalue weighted by Crippen LogP contribution is 2.23. The Morgan fingerprint density at radius 1 is 0.833 bits per heavy atom. The summed E-state index contributed by atoms with van der Waals surface area (Å²) in [5.74, 6) is 0. The van der Waals surface area contributed by atoms with Crippen LogP contribution in [0.25, 0.3) is 27.8 Å². The first kappa shape index (κ1) is 16.0. The Bertz CT molecular complexity index is 1050. The molecule has 0 atom stereocenters. The minimum Gasteiger partial charge on any atom is -1.00 e. The SMILES string of the molecule is Cc1cc2nc3ccc(N)cc3[n+](-c3ccccc3)c2cc1N.[Cl-]. The Morgan fingerprint density at radius 3 is 2.29 bits per heavy atom. The van der Waals surface area contributed by atoms with Crippen LogP contribution in [0.3, 0.4) is 0 Å². The molecule has 4 aromatic rings. The number of halogens is 1. The van der Waals surface area contributed by atoms with Crippen LogP contribution in [0.4, 0.5) is 11.4 Å². The Morgan fingerprint density at radius 2 is 1.54 bits per heavy atom. The van der Waals surface area contributed by atoms with Gasteiger partial charge in [-0.05, 0) is 30.7 Å². The topological polar surface area (TPSA) is 68.8 Å². The Kier molecular flexibility index (Phi) is 3.99. The number of nitrogens with two attached hydrogens (primary N) is 2. The molecule has 1 heterocycles. The van der Waals surface area contributed by atoms with Crippen molar-refractivity contribution in [3.05, 3.63) is 66.2 Å². The summed E-state index contributed by atoms with van der Waals surface area (Å²) in [6.45, 7) is 2.00. The Labute approximate surface area is 146 Å². The molecule has 0 saturated heterocycles. The molecule has 0 unspecified atom stereocenters. The molecule has 120 valence electrons. The van der Waals surface area contributed by atoms with Crippen LogP contribution in [0.15, 0.2) is 60.7 Å². The Hall–Kier alpha value is -2.85. The molecule has 4 N–H and O–H groups in total. The van der Waals surface area contributed by atoms with Crippen LogP contribution in [0.5, 0.6) is 0 Å². The van der Waals surface area contributed by atoms with Crippen molar-refractivity contribution < 1.29 is 17.0 Å². The highest BCUT2D eigenvalue weighted by Gasteiger charge is 2.20. The molecule has 0 saturated carbocycles. The lowest BCUT2D eigenvalue weighted by molar-refractivity contribution is -0.538. The van der Waals surface area contributed by atoms with Gasteiger partial charge in [-0.15, -0.1) is 4.57 Å². The van der Waals surface area contributed by atoms with Gasteiger partial charge in [0.25, 0.3) is 0 Å². The molecule has 1 aromatic heterocycles. The molecule has 0 spiro atoms. The van der Waals surface area contributed by atoms with Crippen LogP contribution in [-0.4, -0.2) is 4.98 Å². The van der Waals surface area contributed by atoms with E-state index in [1.54, 1.807) is 0 Å². The Balaban J connectivity index is 0.00000169. The number of benzene rings is 3. The van der Waals surface area contributed by atoms with Crippen LogP contribution in [0.2, 0.25) is 0 Å². The molecule has 0 aliphatic rings. The third-order valence-corrected chi connectivity index (χ3v) is 4.10. The lowest BCUT2D eigenvalue weighted by Gasteiger charge is -2.07. The number of aryl methyl sites for hydroxylation is 1. The number of anilines is 2. The number of aromatic nitrogens is 2. The number of para-hydroxylation sites is 1. The van der Waals surface area contributed by atoms with Crippen molar-refractivity contribution in [2.45, 2.75) is 6.92 Å². The summed E-state index contributed by atoms with van der Waals surface area (Å²) in [6, 6.07) is 20.0. The van der Waals surface area contributed by atoms with Gasteiger partial charge in [-0.3, -0.25) is 0 Å². The summed E-state index contributed by atoms with van der Waals surface area (Å²) in [4.78, 5) is 4.77. The van der Waals surface area contributed by atoms with Gasteiger partial charge >= 0.3 is 0 Å². The van der Waals surface area contributed by atoms with Crippen LogP contribution < -0.4 is 28.4 Å². The van der Waals surface area contributed by atoms with E-state index < -0.39 is 0 Å². The smallest absolute Gasteiger partial charge is 0.239 e. The van der Waals surface area contributed by atoms with E-state index in [9.17, 15) is 0 Å². The zero-order valence-corrected chi connectivity index (χ0v) is 14.0. The summed E-state index contributed by atoms with van der Waals surface area (Å²) in [5.41, 5.74) is 19.4. The van der Waals surface area contributed by atoms with E-state index in [2.05, 4.69) is 16.7 Å². The maximum Gasteiger partial charge on any atom is 0.239 e. The fourth-order valence-electron chi connectivity index (χ4n) is 2.89. The van der Waals surface area contributed by atoms with E-state index in [-0.39, 0.29) is 12.4 Å². The monoisotopic (exact) mass is 336 g/mol. The lowest BCUT2D eigenvalue weighted by Crippen LogP contribution is -3.00. The molecule has 5 heteroatoms. The molecule has 0 fully saturated rings. The van der Waals surface area contributed by atoms with Crippen LogP contribution in [0.1, 0.15) is 5.56 Å². The quantitative estimate of drug-likeness (QED) is 0.295. The fraction of sp³-hybridized carbons (Fsp3) is 0.0526. The highest BCUT2D eigenvalue weighted by molar-refractivity contribution is 5.86. The van der Waals surface area contributed by atoms with Crippen molar-refractivity contribution in [1.82, 2.24) is 4.98 Å². The maximum atomic E-state index is 6.14. The molecule has 0 amide bonds. The number of rotatable bonds is 1. The first-order chi connectivity index (χ1) is 11.1. The van der Waals surface area contributed by atoms with Crippen LogP contribution in [0, 0.1) is 6.92 Å². The van der Waals surface area contributed by atoms with Crippen molar-refractivity contribution in [3.8, 4) is 5.69 Å². The van der Waals surface area contributed by atoms with Gasteiger partial charge in [0.05, 0.1) is 0 Å². The first-order valence-electron chi connectivity index (χ1n) is 7.50. The number of hydrogen-bond acceptors (Lipinski definition) is 3. The van der Waals surface area contributed by atoms with Crippen molar-refractivity contribution in [2.75, 3.05) is 11.5 Å². The largest absolute Gasteiger partial charge is 1.00 e. The van der Waals surface area contributed by atoms with E-state index >= 15 is 0 Å². The lowest BCUT2D eigenvalue weighted by atomic mass is 10.1.